The summed E-state index contributed by atoms with van der Waals surface area (Å²) in [6, 6.07) is 3.03. The minimum Gasteiger partial charge on any atom is -0.477 e. The van der Waals surface area contributed by atoms with Crippen molar-refractivity contribution in [3.63, 3.8) is 0 Å². The number of nitrogens with one attached hydrogen (secondary N) is 1. The first-order valence-corrected chi connectivity index (χ1v) is 5.03. The zero-order valence-corrected chi connectivity index (χ0v) is 9.40. The molecule has 1 aromatic carbocycles. The van der Waals surface area contributed by atoms with Crippen molar-refractivity contribution >= 4 is 17.3 Å². The van der Waals surface area contributed by atoms with Crippen molar-refractivity contribution in [2.24, 2.45) is 0 Å². The smallest absolute Gasteiger partial charge is 0.390 e. The second-order valence-electron chi connectivity index (χ2n) is 3.59. The quantitative estimate of drug-likeness (QED) is 0.638. The average molecular weight is 278 g/mol. The van der Waals surface area contributed by atoms with E-state index in [0.717, 1.165) is 12.1 Å². The van der Waals surface area contributed by atoms with Crippen molar-refractivity contribution in [1.82, 2.24) is 0 Å². The Balaban J connectivity index is 2.85. The summed E-state index contributed by atoms with van der Waals surface area (Å²) in [6.07, 6.45) is -5.43. The Hall–Kier alpha value is -2.32. The molecule has 0 amide bonds. The van der Waals surface area contributed by atoms with Crippen LogP contribution in [0.25, 0.3) is 0 Å². The Morgan fingerprint density at radius 3 is 2.53 bits per heavy atom. The van der Waals surface area contributed by atoms with Crippen LogP contribution in [-0.4, -0.2) is 28.7 Å². The number of carboxylic acid groups (broad SMARTS) is 1. The van der Waals surface area contributed by atoms with E-state index in [4.69, 9.17) is 5.11 Å². The minimum absolute atomic E-state index is 0.0564. The molecule has 2 N–H and O–H groups in total. The van der Waals surface area contributed by atoms with Gasteiger partial charge in [0.05, 0.1) is 11.3 Å². The molecule has 0 aliphatic rings. The van der Waals surface area contributed by atoms with Gasteiger partial charge in [0.15, 0.2) is 0 Å². The van der Waals surface area contributed by atoms with E-state index in [9.17, 15) is 28.1 Å². The predicted molar refractivity (Wildman–Crippen MR) is 59.2 cm³/mol. The molecule has 0 saturated heterocycles. The molecule has 0 heterocycles. The molecule has 6 nitrogen and oxygen atoms in total. The van der Waals surface area contributed by atoms with Gasteiger partial charge in [0.1, 0.15) is 5.56 Å². The number of nitrogens with zero attached hydrogens (tertiary/aromatic N) is 1. The third-order valence-electron chi connectivity index (χ3n) is 2.16. The molecule has 0 radical (unpaired) electrons. The number of rotatable bonds is 5. The summed E-state index contributed by atoms with van der Waals surface area (Å²) in [4.78, 5) is 20.5. The largest absolute Gasteiger partial charge is 0.477 e. The Labute approximate surface area is 105 Å². The van der Waals surface area contributed by atoms with Crippen LogP contribution in [-0.2, 0) is 0 Å². The number of hydrogen-bond donors (Lipinski definition) is 2. The van der Waals surface area contributed by atoms with Gasteiger partial charge in [-0.15, -0.1) is 0 Å². The van der Waals surface area contributed by atoms with Crippen LogP contribution in [0.15, 0.2) is 18.2 Å². The standard InChI is InChI=1S/C10H9F3N2O4/c11-10(12,13)3-4-14-6-1-2-7(9(16)17)8(5-6)15(18)19/h1-2,5,14H,3-4H2,(H,16,17). The van der Waals surface area contributed by atoms with Crippen molar-refractivity contribution in [1.29, 1.82) is 0 Å². The van der Waals surface area contributed by atoms with Crippen LogP contribution in [0.1, 0.15) is 16.8 Å². The number of alkyl halides is 3. The fourth-order valence-electron chi connectivity index (χ4n) is 1.32. The molecule has 0 saturated carbocycles. The summed E-state index contributed by atoms with van der Waals surface area (Å²) in [5, 5.41) is 21.7. The molecule has 1 aromatic rings. The molecule has 9 heteroatoms. The monoisotopic (exact) mass is 278 g/mol. The highest BCUT2D eigenvalue weighted by Crippen LogP contribution is 2.24. The maximum absolute atomic E-state index is 11.9. The highest BCUT2D eigenvalue weighted by Gasteiger charge is 2.26. The van der Waals surface area contributed by atoms with Crippen molar-refractivity contribution in [3.8, 4) is 0 Å². The zero-order chi connectivity index (χ0) is 14.6. The second kappa shape index (κ2) is 5.55. The van der Waals surface area contributed by atoms with Crippen LogP contribution in [0.5, 0.6) is 0 Å². The van der Waals surface area contributed by atoms with Crippen LogP contribution in [0.2, 0.25) is 0 Å². The van der Waals surface area contributed by atoms with Gasteiger partial charge in [0.2, 0.25) is 0 Å². The van der Waals surface area contributed by atoms with Crippen LogP contribution in [0, 0.1) is 10.1 Å². The van der Waals surface area contributed by atoms with Gasteiger partial charge in [0.25, 0.3) is 5.69 Å². The number of nitro groups is 1. The average Bonchev–Trinajstić information content (AvgIpc) is 2.26. The molecule has 0 bridgehead atoms. The summed E-state index contributed by atoms with van der Waals surface area (Å²) in [6.45, 7) is -0.451. The summed E-state index contributed by atoms with van der Waals surface area (Å²) in [7, 11) is 0. The first-order chi connectivity index (χ1) is 8.70. The predicted octanol–water partition coefficient (Wildman–Crippen LogP) is 2.66. The van der Waals surface area contributed by atoms with Crippen molar-refractivity contribution in [2.75, 3.05) is 11.9 Å². The number of aromatic carboxylic acids is 1. The third-order valence-corrected chi connectivity index (χ3v) is 2.16. The number of carboxylic acids is 1. The number of carbonyl (C=O) groups is 1. The van der Waals surface area contributed by atoms with Crippen molar-refractivity contribution in [2.45, 2.75) is 12.6 Å². The number of hydrogen-bond acceptors (Lipinski definition) is 4. The van der Waals surface area contributed by atoms with Gasteiger partial charge < -0.3 is 10.4 Å². The lowest BCUT2D eigenvalue weighted by Gasteiger charge is -2.09. The normalized spacial score (nSPS) is 11.1. The van der Waals surface area contributed by atoms with E-state index < -0.39 is 41.3 Å². The fraction of sp³-hybridized carbons (Fsp3) is 0.300. The molecule has 0 unspecified atom stereocenters. The van der Waals surface area contributed by atoms with E-state index >= 15 is 0 Å². The van der Waals surface area contributed by atoms with Crippen LogP contribution < -0.4 is 5.32 Å². The molecule has 0 aromatic heterocycles. The lowest BCUT2D eigenvalue weighted by Crippen LogP contribution is -2.14. The molecule has 0 aliphatic carbocycles. The number of nitro benzene ring substituents is 1. The summed E-state index contributed by atoms with van der Waals surface area (Å²) in [5.41, 5.74) is -1.14. The van der Waals surface area contributed by atoms with E-state index in [1.807, 2.05) is 0 Å². The Morgan fingerprint density at radius 1 is 1.42 bits per heavy atom. The Kier molecular flexibility index (Phi) is 4.30. The van der Waals surface area contributed by atoms with E-state index in [1.54, 1.807) is 0 Å². The van der Waals surface area contributed by atoms with Crippen molar-refractivity contribution < 1.29 is 28.0 Å². The minimum atomic E-state index is -4.33. The first kappa shape index (κ1) is 14.7. The molecule has 0 spiro atoms. The van der Waals surface area contributed by atoms with E-state index in [-0.39, 0.29) is 5.69 Å². The van der Waals surface area contributed by atoms with Gasteiger partial charge in [-0.05, 0) is 12.1 Å². The lowest BCUT2D eigenvalue weighted by atomic mass is 10.1. The zero-order valence-electron chi connectivity index (χ0n) is 9.40. The fourth-order valence-corrected chi connectivity index (χ4v) is 1.32. The molecule has 0 fully saturated rings. The van der Waals surface area contributed by atoms with E-state index in [1.165, 1.54) is 6.07 Å². The van der Waals surface area contributed by atoms with Gasteiger partial charge in [-0.25, -0.2) is 4.79 Å². The first-order valence-electron chi connectivity index (χ1n) is 5.03. The summed E-state index contributed by atoms with van der Waals surface area (Å²) < 4.78 is 35.7. The third kappa shape index (κ3) is 4.45. The number of benzene rings is 1. The highest BCUT2D eigenvalue weighted by molar-refractivity contribution is 5.93. The van der Waals surface area contributed by atoms with Gasteiger partial charge in [0, 0.05) is 18.3 Å². The van der Waals surface area contributed by atoms with E-state index in [2.05, 4.69) is 5.32 Å². The second-order valence-corrected chi connectivity index (χ2v) is 3.59. The molecular weight excluding hydrogens is 269 g/mol. The lowest BCUT2D eigenvalue weighted by molar-refractivity contribution is -0.385. The van der Waals surface area contributed by atoms with Gasteiger partial charge >= 0.3 is 12.1 Å². The number of anilines is 1. The topological polar surface area (TPSA) is 92.5 Å². The molecule has 104 valence electrons. The summed E-state index contributed by atoms with van der Waals surface area (Å²) in [5.74, 6) is -1.48. The SMILES string of the molecule is O=C(O)c1ccc(NCCC(F)(F)F)cc1[N+](=O)[O-]. The van der Waals surface area contributed by atoms with Crippen molar-refractivity contribution in [3.05, 3.63) is 33.9 Å². The van der Waals surface area contributed by atoms with Gasteiger partial charge in [-0.3, -0.25) is 10.1 Å². The maximum atomic E-state index is 11.9. The molecule has 1 rings (SSSR count). The number of halogens is 3. The van der Waals surface area contributed by atoms with Gasteiger partial charge in [-0.1, -0.05) is 0 Å². The Bertz CT molecular complexity index is 502. The molecule has 19 heavy (non-hydrogen) atoms. The van der Waals surface area contributed by atoms with Crippen LogP contribution in [0.4, 0.5) is 24.5 Å². The summed E-state index contributed by atoms with van der Waals surface area (Å²) >= 11 is 0. The van der Waals surface area contributed by atoms with Crippen LogP contribution >= 0.6 is 0 Å². The maximum Gasteiger partial charge on any atom is 0.390 e. The van der Waals surface area contributed by atoms with Crippen LogP contribution in [0.3, 0.4) is 0 Å². The molecule has 0 atom stereocenters. The Morgan fingerprint density at radius 2 is 2.05 bits per heavy atom. The molecule has 0 aliphatic heterocycles. The highest BCUT2D eigenvalue weighted by atomic mass is 19.4. The van der Waals surface area contributed by atoms with Gasteiger partial charge in [-0.2, -0.15) is 13.2 Å². The van der Waals surface area contributed by atoms with E-state index in [0.29, 0.717) is 0 Å². The molecular formula is C10H9F3N2O4.